The molecule has 9 nitrogen and oxygen atoms in total. The van der Waals surface area contributed by atoms with E-state index in [1.807, 2.05) is 23.1 Å². The van der Waals surface area contributed by atoms with E-state index < -0.39 is 0 Å². The predicted molar refractivity (Wildman–Crippen MR) is 124 cm³/mol. The molecule has 1 amide bonds. The zero-order chi connectivity index (χ0) is 23.5. The van der Waals surface area contributed by atoms with Crippen LogP contribution in [0.2, 0.25) is 0 Å². The van der Waals surface area contributed by atoms with Crippen molar-refractivity contribution in [2.24, 2.45) is 5.92 Å². The Balaban J connectivity index is 1.30. The second-order valence-corrected chi connectivity index (χ2v) is 8.72. The number of rotatable bonds is 5. The zero-order valence-corrected chi connectivity index (χ0v) is 19.2. The number of hydrogen-bond acceptors (Lipinski definition) is 8. The number of pyridine rings is 1. The van der Waals surface area contributed by atoms with Gasteiger partial charge in [-0.2, -0.15) is 5.26 Å². The van der Waals surface area contributed by atoms with Gasteiger partial charge >= 0.3 is 0 Å². The molecule has 9 heteroatoms. The molecule has 178 valence electrons. The molecule has 0 N–H and O–H groups in total. The van der Waals surface area contributed by atoms with Gasteiger partial charge in [-0.3, -0.25) is 4.79 Å². The lowest BCUT2D eigenvalue weighted by atomic mass is 10.0. The summed E-state index contributed by atoms with van der Waals surface area (Å²) in [5.41, 5.74) is 2.01. The molecule has 3 aliphatic heterocycles. The Morgan fingerprint density at radius 3 is 2.94 bits per heavy atom. The summed E-state index contributed by atoms with van der Waals surface area (Å²) in [5, 5.41) is 9.45. The maximum absolute atomic E-state index is 12.8. The summed E-state index contributed by atoms with van der Waals surface area (Å²) in [6.07, 6.45) is 4.27. The standard InChI is InChI=1S/C25H28N4O5/c1-31-24-18(13-26)11-19(14-27-24)29-8-10-33-23-5-4-20(12-22(23)29)34-21-6-7-28(15-21)25(30)17-3-2-9-32-16-17/h4-5,11-12,14,17,21H,2-3,6-10,15-16H2,1H3. The molecule has 0 bridgehead atoms. The van der Waals surface area contributed by atoms with E-state index in [1.165, 1.54) is 7.11 Å². The first-order chi connectivity index (χ1) is 16.7. The number of carbonyl (C=O) groups excluding carboxylic acids is 1. The van der Waals surface area contributed by atoms with Gasteiger partial charge in [-0.05, 0) is 31.0 Å². The van der Waals surface area contributed by atoms with Gasteiger partial charge in [-0.25, -0.2) is 4.98 Å². The van der Waals surface area contributed by atoms with Crippen LogP contribution >= 0.6 is 0 Å². The molecule has 0 radical (unpaired) electrons. The van der Waals surface area contributed by atoms with Crippen molar-refractivity contribution < 1.29 is 23.7 Å². The molecular weight excluding hydrogens is 436 g/mol. The number of amides is 1. The fourth-order valence-corrected chi connectivity index (χ4v) is 4.78. The molecule has 2 saturated heterocycles. The van der Waals surface area contributed by atoms with Gasteiger partial charge in [0.15, 0.2) is 0 Å². The molecular formula is C25H28N4O5. The number of fused-ring (bicyclic) bond motifs is 1. The van der Waals surface area contributed by atoms with Gasteiger partial charge in [-0.1, -0.05) is 0 Å². The van der Waals surface area contributed by atoms with Crippen LogP contribution in [0, 0.1) is 17.2 Å². The highest BCUT2D eigenvalue weighted by Crippen LogP contribution is 2.40. The fraction of sp³-hybridized carbons (Fsp3) is 0.480. The van der Waals surface area contributed by atoms with Crippen LogP contribution in [0.15, 0.2) is 30.5 Å². The van der Waals surface area contributed by atoms with Gasteiger partial charge in [0.25, 0.3) is 0 Å². The number of anilines is 2. The third kappa shape index (κ3) is 4.46. The number of hydrogen-bond donors (Lipinski definition) is 0. The average molecular weight is 465 g/mol. The Bertz CT molecular complexity index is 1100. The third-order valence-electron chi connectivity index (χ3n) is 6.52. The van der Waals surface area contributed by atoms with E-state index in [9.17, 15) is 10.1 Å². The normalized spacial score (nSPS) is 21.9. The highest BCUT2D eigenvalue weighted by atomic mass is 16.5. The van der Waals surface area contributed by atoms with Crippen LogP contribution in [0.3, 0.4) is 0 Å². The molecule has 1 aromatic carbocycles. The zero-order valence-electron chi connectivity index (χ0n) is 19.2. The number of ether oxygens (including phenoxy) is 4. The van der Waals surface area contributed by atoms with E-state index in [0.717, 1.165) is 48.7 Å². The van der Waals surface area contributed by atoms with Gasteiger partial charge in [0.05, 0.1) is 50.3 Å². The highest BCUT2D eigenvalue weighted by Gasteiger charge is 2.33. The smallest absolute Gasteiger partial charge is 0.231 e. The molecule has 0 spiro atoms. The number of benzene rings is 1. The quantitative estimate of drug-likeness (QED) is 0.666. The monoisotopic (exact) mass is 464 g/mol. The summed E-state index contributed by atoms with van der Waals surface area (Å²) in [7, 11) is 1.50. The highest BCUT2D eigenvalue weighted by molar-refractivity contribution is 5.79. The molecule has 0 aliphatic carbocycles. The fourth-order valence-electron chi connectivity index (χ4n) is 4.78. The second-order valence-electron chi connectivity index (χ2n) is 8.72. The number of likely N-dealkylation sites (tertiary alicyclic amines) is 1. The lowest BCUT2D eigenvalue weighted by Gasteiger charge is -2.31. The summed E-state index contributed by atoms with van der Waals surface area (Å²) in [5.74, 6) is 1.91. The van der Waals surface area contributed by atoms with Gasteiger partial charge < -0.3 is 28.7 Å². The molecule has 34 heavy (non-hydrogen) atoms. The van der Waals surface area contributed by atoms with Crippen LogP contribution in [-0.2, 0) is 9.53 Å². The maximum Gasteiger partial charge on any atom is 0.231 e. The minimum Gasteiger partial charge on any atom is -0.490 e. The molecule has 2 fully saturated rings. The van der Waals surface area contributed by atoms with E-state index >= 15 is 0 Å². The number of aromatic nitrogens is 1. The largest absolute Gasteiger partial charge is 0.490 e. The van der Waals surface area contributed by atoms with E-state index in [0.29, 0.717) is 44.3 Å². The molecule has 1 aromatic heterocycles. The van der Waals surface area contributed by atoms with Crippen LogP contribution < -0.4 is 19.1 Å². The minimum atomic E-state index is -0.0580. The first kappa shape index (κ1) is 22.3. The summed E-state index contributed by atoms with van der Waals surface area (Å²) in [6.45, 7) is 3.69. The molecule has 0 saturated carbocycles. The maximum atomic E-state index is 12.8. The molecule has 4 heterocycles. The predicted octanol–water partition coefficient (Wildman–Crippen LogP) is 2.90. The van der Waals surface area contributed by atoms with Crippen molar-refractivity contribution in [2.45, 2.75) is 25.4 Å². The molecule has 2 aromatic rings. The minimum absolute atomic E-state index is 0.0293. The number of methoxy groups -OCH3 is 1. The van der Waals surface area contributed by atoms with Gasteiger partial charge in [0.1, 0.15) is 35.8 Å². The Labute approximate surface area is 198 Å². The van der Waals surface area contributed by atoms with Gasteiger partial charge in [0, 0.05) is 25.6 Å². The lowest BCUT2D eigenvalue weighted by molar-refractivity contribution is -0.138. The first-order valence-corrected chi connectivity index (χ1v) is 11.7. The summed E-state index contributed by atoms with van der Waals surface area (Å²) in [4.78, 5) is 21.1. The van der Waals surface area contributed by atoms with E-state index in [1.54, 1.807) is 12.3 Å². The van der Waals surface area contributed by atoms with Crippen molar-refractivity contribution >= 4 is 17.3 Å². The van der Waals surface area contributed by atoms with Crippen LogP contribution in [-0.4, -0.2) is 68.5 Å². The number of nitrogens with zero attached hydrogens (tertiary/aromatic N) is 4. The van der Waals surface area contributed by atoms with Crippen molar-refractivity contribution in [2.75, 3.05) is 51.5 Å². The Morgan fingerprint density at radius 2 is 2.15 bits per heavy atom. The van der Waals surface area contributed by atoms with Gasteiger partial charge in [0.2, 0.25) is 11.8 Å². The number of nitriles is 1. The van der Waals surface area contributed by atoms with E-state index in [4.69, 9.17) is 18.9 Å². The second kappa shape index (κ2) is 9.77. The third-order valence-corrected chi connectivity index (χ3v) is 6.52. The Hall–Kier alpha value is -3.51. The summed E-state index contributed by atoms with van der Waals surface area (Å²) in [6, 6.07) is 9.65. The molecule has 3 aliphatic rings. The van der Waals surface area contributed by atoms with Crippen LogP contribution in [0.25, 0.3) is 0 Å². The van der Waals surface area contributed by atoms with Crippen LogP contribution in [0.5, 0.6) is 17.4 Å². The van der Waals surface area contributed by atoms with Crippen LogP contribution in [0.4, 0.5) is 11.4 Å². The van der Waals surface area contributed by atoms with Crippen molar-refractivity contribution in [1.29, 1.82) is 5.26 Å². The van der Waals surface area contributed by atoms with Crippen LogP contribution in [0.1, 0.15) is 24.8 Å². The summed E-state index contributed by atoms with van der Waals surface area (Å²) < 4.78 is 22.8. The van der Waals surface area contributed by atoms with E-state index in [2.05, 4.69) is 16.0 Å². The van der Waals surface area contributed by atoms with E-state index in [-0.39, 0.29) is 17.9 Å². The first-order valence-electron chi connectivity index (χ1n) is 11.7. The van der Waals surface area contributed by atoms with Crippen molar-refractivity contribution in [1.82, 2.24) is 9.88 Å². The molecule has 2 atom stereocenters. The van der Waals surface area contributed by atoms with Crippen molar-refractivity contribution in [3.63, 3.8) is 0 Å². The SMILES string of the molecule is COc1ncc(N2CCOc3ccc(OC4CCN(C(=O)C5CCCOC5)C4)cc32)cc1C#N. The average Bonchev–Trinajstić information content (AvgIpc) is 3.36. The van der Waals surface area contributed by atoms with Crippen molar-refractivity contribution in [3.8, 4) is 23.4 Å². The topological polar surface area (TPSA) is 97.2 Å². The Morgan fingerprint density at radius 1 is 1.24 bits per heavy atom. The van der Waals surface area contributed by atoms with Crippen molar-refractivity contribution in [3.05, 3.63) is 36.0 Å². The van der Waals surface area contributed by atoms with Gasteiger partial charge in [-0.15, -0.1) is 0 Å². The molecule has 2 unspecified atom stereocenters. The summed E-state index contributed by atoms with van der Waals surface area (Å²) >= 11 is 0. The number of carbonyl (C=O) groups is 1. The molecule has 5 rings (SSSR count). The lowest BCUT2D eigenvalue weighted by Crippen LogP contribution is -2.39. The Kier molecular flexibility index (Phi) is 6.41.